The van der Waals surface area contributed by atoms with E-state index in [0.717, 1.165) is 19.2 Å². The van der Waals surface area contributed by atoms with Gasteiger partial charge in [-0.1, -0.05) is 86.5 Å². The molecule has 29 heavy (non-hydrogen) atoms. The maximum atomic E-state index is 8.93. The summed E-state index contributed by atoms with van der Waals surface area (Å²) in [4.78, 5) is 0. The average molecular weight is 440 g/mol. The number of unbranched alkanes of at least 4 members (excludes halogenated alkanes) is 2. The van der Waals surface area contributed by atoms with E-state index in [9.17, 15) is 0 Å². The largest absolute Gasteiger partial charge is 0.453 e. The van der Waals surface area contributed by atoms with Crippen molar-refractivity contribution in [1.82, 2.24) is 0 Å². The zero-order chi connectivity index (χ0) is 22.0. The smallest absolute Gasteiger partial charge is 0.435 e. The fourth-order valence-corrected chi connectivity index (χ4v) is 14.3. The van der Waals surface area contributed by atoms with Crippen LogP contribution in [0.2, 0.25) is 42.6 Å². The Morgan fingerprint density at radius 3 is 1.24 bits per heavy atom. The first-order valence-electron chi connectivity index (χ1n) is 12.7. The summed E-state index contributed by atoms with van der Waals surface area (Å²) in [5.74, 6) is 0. The van der Waals surface area contributed by atoms with Gasteiger partial charge in [-0.05, 0) is 49.0 Å². The molecule has 0 saturated carbocycles. The molecule has 0 N–H and O–H groups in total. The van der Waals surface area contributed by atoms with Crippen LogP contribution in [-0.2, 0) is 8.69 Å². The van der Waals surface area contributed by atoms with Crippen molar-refractivity contribution in [3.05, 3.63) is 0 Å². The maximum absolute atomic E-state index is 8.93. The van der Waals surface area contributed by atoms with E-state index in [1.165, 1.54) is 74.8 Å². The Labute approximate surface area is 185 Å². The summed E-state index contributed by atoms with van der Waals surface area (Å²) in [6.45, 7) is 13.9. The first-order valence-corrected chi connectivity index (χ1v) is 17.8. The third kappa shape index (κ3) is 11.8. The molecule has 0 aromatic carbocycles. The van der Waals surface area contributed by atoms with E-state index in [1.807, 2.05) is 0 Å². The fourth-order valence-electron chi connectivity index (χ4n) is 5.05. The molecule has 0 aliphatic rings. The molecular weight excluding hydrogens is 389 g/mol. The van der Waals surface area contributed by atoms with Crippen LogP contribution in [0.15, 0.2) is 0 Å². The molecule has 0 radical (unpaired) electrons. The van der Waals surface area contributed by atoms with Crippen molar-refractivity contribution in [3.63, 3.8) is 0 Å². The van der Waals surface area contributed by atoms with Crippen LogP contribution < -0.4 is 0 Å². The molecule has 0 heterocycles. The van der Waals surface area contributed by atoms with E-state index in [2.05, 4.69) is 47.6 Å². The quantitative estimate of drug-likeness (QED) is 0.141. The minimum absolute atomic E-state index is 0.0265. The van der Waals surface area contributed by atoms with Crippen LogP contribution in [0.3, 0.4) is 0 Å². The highest BCUT2D eigenvalue weighted by molar-refractivity contribution is 6.84. The van der Waals surface area contributed by atoms with Crippen LogP contribution in [0, 0.1) is 11.3 Å². The van der Waals surface area contributed by atoms with Gasteiger partial charge >= 0.3 is 7.12 Å². The topological polar surface area (TPSA) is 42.2 Å². The monoisotopic (exact) mass is 439 g/mol. The number of nitriles is 1. The van der Waals surface area contributed by atoms with Gasteiger partial charge in [0.05, 0.1) is 6.07 Å². The minimum atomic E-state index is -1.76. The SMILES string of the molecule is CCC[Si](CCC)(CCC)OB(CCCCC#N)O[Si](CCC)(CCC)CCC. The molecule has 170 valence electrons. The average Bonchev–Trinajstić information content (AvgIpc) is 2.66. The van der Waals surface area contributed by atoms with E-state index >= 15 is 0 Å². The first-order chi connectivity index (χ1) is 14.0. The lowest BCUT2D eigenvalue weighted by Gasteiger charge is -2.39. The van der Waals surface area contributed by atoms with Crippen LogP contribution in [0.5, 0.6) is 0 Å². The number of hydrogen-bond acceptors (Lipinski definition) is 3. The zero-order valence-electron chi connectivity index (χ0n) is 20.7. The minimum Gasteiger partial charge on any atom is -0.453 e. The van der Waals surface area contributed by atoms with Crippen LogP contribution in [0.4, 0.5) is 0 Å². The van der Waals surface area contributed by atoms with Crippen LogP contribution in [0.25, 0.3) is 0 Å². The second kappa shape index (κ2) is 17.6. The van der Waals surface area contributed by atoms with Crippen molar-refractivity contribution in [2.75, 3.05) is 0 Å². The molecule has 0 aromatic heterocycles. The Morgan fingerprint density at radius 2 is 0.966 bits per heavy atom. The Hall–Kier alpha value is -0.0913. The predicted octanol–water partition coefficient (Wildman–Crippen LogP) is 8.55. The highest BCUT2D eigenvalue weighted by Crippen LogP contribution is 2.33. The van der Waals surface area contributed by atoms with Crippen molar-refractivity contribution in [3.8, 4) is 6.07 Å². The lowest BCUT2D eigenvalue weighted by atomic mass is 9.83. The Morgan fingerprint density at radius 1 is 0.621 bits per heavy atom. The molecule has 0 unspecified atom stereocenters. The third-order valence-electron chi connectivity index (χ3n) is 5.97. The standard InChI is InChI=1S/C23H50BNO2Si2/c1-7-18-28(19-8-2,20-9-3)26-24(16-14-13-15-17-25)27-29(21-10-4,22-11-5)23-12-6/h7-16,18-23H2,1-6H3. The van der Waals surface area contributed by atoms with E-state index in [-0.39, 0.29) is 7.12 Å². The predicted molar refractivity (Wildman–Crippen MR) is 134 cm³/mol. The van der Waals surface area contributed by atoms with Crippen molar-refractivity contribution in [2.45, 2.75) is 142 Å². The second-order valence-electron chi connectivity index (χ2n) is 8.94. The van der Waals surface area contributed by atoms with Gasteiger partial charge < -0.3 is 8.69 Å². The lowest BCUT2D eigenvalue weighted by Crippen LogP contribution is -2.50. The summed E-state index contributed by atoms with van der Waals surface area (Å²) in [6.07, 6.45) is 10.9. The molecule has 0 saturated heterocycles. The second-order valence-corrected chi connectivity index (χ2v) is 17.1. The summed E-state index contributed by atoms with van der Waals surface area (Å²) in [7, 11) is -3.55. The molecular formula is C23H50BNO2Si2. The molecule has 0 atom stereocenters. The maximum Gasteiger partial charge on any atom is 0.435 e. The van der Waals surface area contributed by atoms with Crippen molar-refractivity contribution >= 4 is 23.8 Å². The van der Waals surface area contributed by atoms with E-state index in [0.29, 0.717) is 6.42 Å². The zero-order valence-corrected chi connectivity index (χ0v) is 22.7. The molecule has 0 bridgehead atoms. The van der Waals surface area contributed by atoms with E-state index < -0.39 is 16.6 Å². The van der Waals surface area contributed by atoms with Crippen LogP contribution >= 0.6 is 0 Å². The third-order valence-corrected chi connectivity index (χ3v) is 16.0. The van der Waals surface area contributed by atoms with Gasteiger partial charge in [0.15, 0.2) is 16.6 Å². The number of nitrogens with zero attached hydrogens (tertiary/aromatic N) is 1. The van der Waals surface area contributed by atoms with Crippen molar-refractivity contribution < 1.29 is 8.69 Å². The van der Waals surface area contributed by atoms with Gasteiger partial charge in [-0.25, -0.2) is 0 Å². The fraction of sp³-hybridized carbons (Fsp3) is 0.957. The summed E-state index contributed by atoms with van der Waals surface area (Å²) >= 11 is 0. The van der Waals surface area contributed by atoms with Gasteiger partial charge in [0.25, 0.3) is 0 Å². The molecule has 0 aromatic rings. The van der Waals surface area contributed by atoms with Gasteiger partial charge in [0, 0.05) is 6.42 Å². The van der Waals surface area contributed by atoms with Gasteiger partial charge in [0.2, 0.25) is 0 Å². The lowest BCUT2D eigenvalue weighted by molar-refractivity contribution is 0.388. The van der Waals surface area contributed by atoms with Crippen molar-refractivity contribution in [2.24, 2.45) is 0 Å². The van der Waals surface area contributed by atoms with Crippen LogP contribution in [0.1, 0.15) is 99.3 Å². The highest BCUT2D eigenvalue weighted by atomic mass is 28.4. The summed E-state index contributed by atoms with van der Waals surface area (Å²) < 4.78 is 14.2. The molecule has 3 nitrogen and oxygen atoms in total. The van der Waals surface area contributed by atoms with Gasteiger partial charge in [-0.3, -0.25) is 0 Å². The Bertz CT molecular complexity index is 370. The first kappa shape index (κ1) is 28.9. The normalized spacial score (nSPS) is 12.2. The van der Waals surface area contributed by atoms with Gasteiger partial charge in [0.1, 0.15) is 0 Å². The molecule has 0 spiro atoms. The molecule has 0 aliphatic carbocycles. The van der Waals surface area contributed by atoms with Crippen LogP contribution in [-0.4, -0.2) is 23.8 Å². The molecule has 0 fully saturated rings. The number of hydrogen-bond donors (Lipinski definition) is 0. The summed E-state index contributed by atoms with van der Waals surface area (Å²) in [6, 6.07) is 9.86. The van der Waals surface area contributed by atoms with Gasteiger partial charge in [-0.2, -0.15) is 5.26 Å². The van der Waals surface area contributed by atoms with Gasteiger partial charge in [-0.15, -0.1) is 0 Å². The Balaban J connectivity index is 5.62. The van der Waals surface area contributed by atoms with E-state index in [1.54, 1.807) is 0 Å². The van der Waals surface area contributed by atoms with Crippen molar-refractivity contribution in [1.29, 1.82) is 5.26 Å². The summed E-state index contributed by atoms with van der Waals surface area (Å²) in [5.41, 5.74) is 0. The number of rotatable bonds is 20. The molecule has 6 heteroatoms. The Kier molecular flexibility index (Phi) is 17.5. The molecule has 0 rings (SSSR count). The summed E-state index contributed by atoms with van der Waals surface area (Å²) in [5, 5.41) is 8.93. The highest BCUT2D eigenvalue weighted by Gasteiger charge is 2.41. The van der Waals surface area contributed by atoms with E-state index in [4.69, 9.17) is 13.9 Å². The molecule has 0 amide bonds. The molecule has 0 aliphatic heterocycles.